The van der Waals surface area contributed by atoms with E-state index in [2.05, 4.69) is 4.98 Å². The number of aromatic nitrogens is 2. The standard InChI is InChI=1S/C16H15Cl3N2O5/c1-6-13(25-7(2)22)14(26-8(3)23)15(24-6)21-12-5-10(18)9(17)4-11(12)20-16(21)19/h4-6,13-15H,1-3H3/t6-,13-,14-,15+/m1/s1. The van der Waals surface area contributed by atoms with Gasteiger partial charge in [-0.25, -0.2) is 4.98 Å². The fourth-order valence-electron chi connectivity index (χ4n) is 2.99. The Morgan fingerprint density at radius 2 is 1.65 bits per heavy atom. The third kappa shape index (κ3) is 3.49. The molecule has 0 aliphatic carbocycles. The van der Waals surface area contributed by atoms with Gasteiger partial charge < -0.3 is 14.2 Å². The van der Waals surface area contributed by atoms with Gasteiger partial charge in [0.2, 0.25) is 5.28 Å². The molecule has 1 aromatic heterocycles. The molecular weight excluding hydrogens is 407 g/mol. The van der Waals surface area contributed by atoms with Crippen LogP contribution in [0.3, 0.4) is 0 Å². The molecule has 0 saturated carbocycles. The molecule has 0 spiro atoms. The van der Waals surface area contributed by atoms with Gasteiger partial charge in [0.05, 0.1) is 27.2 Å². The zero-order chi connectivity index (χ0) is 19.2. The molecule has 2 heterocycles. The zero-order valence-electron chi connectivity index (χ0n) is 14.0. The molecule has 10 heteroatoms. The smallest absolute Gasteiger partial charge is 0.303 e. The van der Waals surface area contributed by atoms with Gasteiger partial charge in [-0.1, -0.05) is 23.2 Å². The highest BCUT2D eigenvalue weighted by atomic mass is 35.5. The second kappa shape index (κ2) is 7.23. The van der Waals surface area contributed by atoms with Crippen LogP contribution in [-0.2, 0) is 23.8 Å². The maximum atomic E-state index is 11.6. The van der Waals surface area contributed by atoms with E-state index in [1.807, 2.05) is 0 Å². The number of benzene rings is 1. The highest BCUT2D eigenvalue weighted by molar-refractivity contribution is 6.42. The number of fused-ring (bicyclic) bond motifs is 1. The van der Waals surface area contributed by atoms with E-state index < -0.39 is 36.5 Å². The summed E-state index contributed by atoms with van der Waals surface area (Å²) < 4.78 is 18.1. The van der Waals surface area contributed by atoms with Crippen LogP contribution in [0.25, 0.3) is 11.0 Å². The summed E-state index contributed by atoms with van der Waals surface area (Å²) >= 11 is 18.4. The Morgan fingerprint density at radius 3 is 2.27 bits per heavy atom. The number of carbonyl (C=O) groups excluding carboxylic acids is 2. The molecule has 1 aliphatic rings. The minimum Gasteiger partial charge on any atom is -0.456 e. The van der Waals surface area contributed by atoms with E-state index in [-0.39, 0.29) is 5.28 Å². The fraction of sp³-hybridized carbons (Fsp3) is 0.438. The van der Waals surface area contributed by atoms with Gasteiger partial charge >= 0.3 is 11.9 Å². The minimum absolute atomic E-state index is 0.0937. The molecular formula is C16H15Cl3N2O5. The maximum Gasteiger partial charge on any atom is 0.303 e. The summed E-state index contributed by atoms with van der Waals surface area (Å²) in [5.41, 5.74) is 1.04. The van der Waals surface area contributed by atoms with Gasteiger partial charge in [0.25, 0.3) is 0 Å². The van der Waals surface area contributed by atoms with Crippen molar-refractivity contribution in [2.75, 3.05) is 0 Å². The van der Waals surface area contributed by atoms with Gasteiger partial charge in [0, 0.05) is 13.8 Å². The van der Waals surface area contributed by atoms with Gasteiger partial charge in [0.15, 0.2) is 18.4 Å². The van der Waals surface area contributed by atoms with Gasteiger partial charge in [-0.15, -0.1) is 0 Å². The lowest BCUT2D eigenvalue weighted by molar-refractivity contribution is -0.165. The molecule has 0 radical (unpaired) electrons. The second-order valence-electron chi connectivity index (χ2n) is 5.89. The van der Waals surface area contributed by atoms with E-state index in [0.717, 1.165) is 0 Å². The maximum absolute atomic E-state index is 11.6. The third-order valence-electron chi connectivity index (χ3n) is 3.97. The van der Waals surface area contributed by atoms with Crippen molar-refractivity contribution in [1.29, 1.82) is 0 Å². The summed E-state index contributed by atoms with van der Waals surface area (Å²) in [5, 5.41) is 0.732. The first-order valence-corrected chi connectivity index (χ1v) is 8.84. The molecule has 1 aliphatic heterocycles. The highest BCUT2D eigenvalue weighted by Crippen LogP contribution is 2.39. The van der Waals surface area contributed by atoms with Crippen LogP contribution in [0.1, 0.15) is 27.0 Å². The number of imidazole rings is 1. The molecule has 3 rings (SSSR count). The van der Waals surface area contributed by atoms with Crippen molar-refractivity contribution in [3.63, 3.8) is 0 Å². The van der Waals surface area contributed by atoms with Crippen LogP contribution in [0, 0.1) is 0 Å². The molecule has 0 N–H and O–H groups in total. The Labute approximate surface area is 164 Å². The van der Waals surface area contributed by atoms with Gasteiger partial charge in [0.1, 0.15) is 0 Å². The van der Waals surface area contributed by atoms with Gasteiger partial charge in [-0.2, -0.15) is 0 Å². The van der Waals surface area contributed by atoms with Crippen LogP contribution in [-0.4, -0.2) is 39.8 Å². The molecule has 1 aromatic carbocycles. The lowest BCUT2D eigenvalue weighted by atomic mass is 10.1. The number of hydrogen-bond acceptors (Lipinski definition) is 6. The van der Waals surface area contributed by atoms with E-state index in [0.29, 0.717) is 21.1 Å². The quantitative estimate of drug-likeness (QED) is 0.702. The Morgan fingerprint density at radius 1 is 1.08 bits per heavy atom. The van der Waals surface area contributed by atoms with E-state index >= 15 is 0 Å². The molecule has 140 valence electrons. The van der Waals surface area contributed by atoms with Crippen LogP contribution >= 0.6 is 34.8 Å². The van der Waals surface area contributed by atoms with Crippen LogP contribution in [0.4, 0.5) is 0 Å². The van der Waals surface area contributed by atoms with Crippen LogP contribution in [0.2, 0.25) is 15.3 Å². The molecule has 1 fully saturated rings. The molecule has 0 bridgehead atoms. The predicted octanol–water partition coefficient (Wildman–Crippen LogP) is 3.78. The Kier molecular flexibility index (Phi) is 5.35. The van der Waals surface area contributed by atoms with E-state index in [4.69, 9.17) is 49.0 Å². The summed E-state index contributed by atoms with van der Waals surface area (Å²) in [6.07, 6.45) is -3.09. The monoisotopic (exact) mass is 420 g/mol. The van der Waals surface area contributed by atoms with Crippen molar-refractivity contribution >= 4 is 57.8 Å². The highest BCUT2D eigenvalue weighted by Gasteiger charge is 2.49. The van der Waals surface area contributed by atoms with Gasteiger partial charge in [-0.05, 0) is 30.7 Å². The van der Waals surface area contributed by atoms with E-state index in [1.165, 1.54) is 18.4 Å². The molecule has 4 atom stereocenters. The Bertz CT molecular complexity index is 884. The fourth-order valence-corrected chi connectivity index (χ4v) is 3.58. The molecule has 0 unspecified atom stereocenters. The molecule has 26 heavy (non-hydrogen) atoms. The molecule has 2 aromatic rings. The first kappa shape index (κ1) is 19.2. The average Bonchev–Trinajstić information content (AvgIpc) is 2.97. The molecule has 1 saturated heterocycles. The van der Waals surface area contributed by atoms with Crippen molar-refractivity contribution < 1.29 is 23.8 Å². The van der Waals surface area contributed by atoms with E-state index in [9.17, 15) is 9.59 Å². The third-order valence-corrected chi connectivity index (χ3v) is 4.96. The van der Waals surface area contributed by atoms with Crippen LogP contribution < -0.4 is 0 Å². The Hall–Kier alpha value is -1.54. The minimum atomic E-state index is -0.907. The van der Waals surface area contributed by atoms with E-state index in [1.54, 1.807) is 19.1 Å². The molecule has 7 nitrogen and oxygen atoms in total. The number of carbonyl (C=O) groups is 2. The number of esters is 2. The average molecular weight is 422 g/mol. The van der Waals surface area contributed by atoms with Crippen molar-refractivity contribution in [2.24, 2.45) is 0 Å². The summed E-state index contributed by atoms with van der Waals surface area (Å²) in [5.74, 6) is -1.06. The summed E-state index contributed by atoms with van der Waals surface area (Å²) in [7, 11) is 0. The lowest BCUT2D eigenvalue weighted by Crippen LogP contribution is -2.38. The van der Waals surface area contributed by atoms with Crippen LogP contribution in [0.15, 0.2) is 12.1 Å². The second-order valence-corrected chi connectivity index (χ2v) is 7.04. The largest absolute Gasteiger partial charge is 0.456 e. The predicted molar refractivity (Wildman–Crippen MR) is 95.5 cm³/mol. The van der Waals surface area contributed by atoms with Crippen LogP contribution in [0.5, 0.6) is 0 Å². The Balaban J connectivity index is 2.10. The van der Waals surface area contributed by atoms with Crippen molar-refractivity contribution in [1.82, 2.24) is 9.55 Å². The van der Waals surface area contributed by atoms with Crippen molar-refractivity contribution in [3.8, 4) is 0 Å². The lowest BCUT2D eigenvalue weighted by Gasteiger charge is -2.24. The zero-order valence-corrected chi connectivity index (χ0v) is 16.3. The topological polar surface area (TPSA) is 79.6 Å². The normalized spacial score (nSPS) is 25.5. The molecule has 0 amide bonds. The van der Waals surface area contributed by atoms with Crippen molar-refractivity contribution in [3.05, 3.63) is 27.5 Å². The number of nitrogens with zero attached hydrogens (tertiary/aromatic N) is 2. The number of ether oxygens (including phenoxy) is 3. The first-order chi connectivity index (χ1) is 12.2. The summed E-state index contributed by atoms with van der Waals surface area (Å²) in [4.78, 5) is 27.3. The number of rotatable bonds is 3. The summed E-state index contributed by atoms with van der Waals surface area (Å²) in [6.45, 7) is 4.24. The first-order valence-electron chi connectivity index (χ1n) is 7.71. The van der Waals surface area contributed by atoms with Gasteiger partial charge in [-0.3, -0.25) is 14.2 Å². The number of halogens is 3. The number of hydrogen-bond donors (Lipinski definition) is 0. The summed E-state index contributed by atoms with van der Waals surface area (Å²) in [6, 6.07) is 3.17. The van der Waals surface area contributed by atoms with Crippen molar-refractivity contribution in [2.45, 2.75) is 45.3 Å². The SMILES string of the molecule is CC(=O)O[C@@H]1[C@H](OC(C)=O)[C@@H](C)O[C@@H]1n1c(Cl)nc2cc(Cl)c(Cl)cc21.